The van der Waals surface area contributed by atoms with Gasteiger partial charge in [-0.2, -0.15) is 0 Å². The Labute approximate surface area is 110 Å². The molecule has 0 aliphatic heterocycles. The first kappa shape index (κ1) is 13.3. The number of rotatable bonds is 5. The zero-order valence-corrected chi connectivity index (χ0v) is 11.4. The first-order valence-electron chi connectivity index (χ1n) is 6.26. The number of ketones is 1. The molecule has 98 valence electrons. The fraction of sp³-hybridized carbons (Fsp3) is 0.500. The van der Waals surface area contributed by atoms with Gasteiger partial charge >= 0.3 is 0 Å². The zero-order valence-electron chi connectivity index (χ0n) is 10.6. The van der Waals surface area contributed by atoms with Crippen molar-refractivity contribution in [1.29, 1.82) is 0 Å². The summed E-state index contributed by atoms with van der Waals surface area (Å²) in [6.45, 7) is 0. The second kappa shape index (κ2) is 6.14. The summed E-state index contributed by atoms with van der Waals surface area (Å²) in [5.74, 6) is 1.18. The number of ether oxygens (including phenoxy) is 1. The molecule has 0 spiro atoms. The predicted octanol–water partition coefficient (Wildman–Crippen LogP) is 2.56. The molecule has 2 rings (SSSR count). The number of carbonyl (C=O) groups is 1. The van der Waals surface area contributed by atoms with Crippen molar-refractivity contribution in [3.05, 3.63) is 24.3 Å². The van der Waals surface area contributed by atoms with Gasteiger partial charge in [-0.3, -0.25) is 9.00 Å². The van der Waals surface area contributed by atoms with Crippen LogP contribution in [0.1, 0.15) is 25.7 Å². The van der Waals surface area contributed by atoms with Crippen molar-refractivity contribution < 1.29 is 13.7 Å². The lowest BCUT2D eigenvalue weighted by atomic mass is 10.0. The van der Waals surface area contributed by atoms with E-state index in [1.807, 2.05) is 0 Å². The largest absolute Gasteiger partial charge is 0.497 e. The van der Waals surface area contributed by atoms with Crippen molar-refractivity contribution in [2.45, 2.75) is 30.6 Å². The Kier molecular flexibility index (Phi) is 4.53. The molecule has 3 nitrogen and oxygen atoms in total. The average molecular weight is 266 g/mol. The van der Waals surface area contributed by atoms with Crippen LogP contribution < -0.4 is 4.74 Å². The van der Waals surface area contributed by atoms with Gasteiger partial charge in [0.05, 0.1) is 23.7 Å². The molecule has 1 aromatic rings. The van der Waals surface area contributed by atoms with E-state index >= 15 is 0 Å². The first-order chi connectivity index (χ1) is 8.70. The summed E-state index contributed by atoms with van der Waals surface area (Å²) >= 11 is 0. The maximum Gasteiger partial charge on any atom is 0.148 e. The van der Waals surface area contributed by atoms with Crippen LogP contribution in [0.15, 0.2) is 29.2 Å². The van der Waals surface area contributed by atoms with E-state index in [1.165, 1.54) is 0 Å². The maximum atomic E-state index is 12.1. The van der Waals surface area contributed by atoms with Crippen LogP contribution in [0.25, 0.3) is 0 Å². The average Bonchev–Trinajstić information content (AvgIpc) is 2.92. The molecule has 1 fully saturated rings. The van der Waals surface area contributed by atoms with Gasteiger partial charge in [-0.15, -0.1) is 0 Å². The molecule has 1 saturated carbocycles. The summed E-state index contributed by atoms with van der Waals surface area (Å²) in [5, 5.41) is 0. The van der Waals surface area contributed by atoms with Gasteiger partial charge < -0.3 is 4.74 Å². The van der Waals surface area contributed by atoms with Crippen molar-refractivity contribution in [2.24, 2.45) is 5.92 Å². The van der Waals surface area contributed by atoms with E-state index in [9.17, 15) is 9.00 Å². The van der Waals surface area contributed by atoms with E-state index in [2.05, 4.69) is 0 Å². The molecule has 1 atom stereocenters. The minimum atomic E-state index is -1.22. The van der Waals surface area contributed by atoms with Gasteiger partial charge in [0.2, 0.25) is 0 Å². The highest BCUT2D eigenvalue weighted by atomic mass is 32.2. The van der Waals surface area contributed by atoms with E-state index in [-0.39, 0.29) is 17.5 Å². The highest BCUT2D eigenvalue weighted by Crippen LogP contribution is 2.26. The lowest BCUT2D eigenvalue weighted by molar-refractivity contribution is -0.120. The van der Waals surface area contributed by atoms with Gasteiger partial charge in [0.15, 0.2) is 0 Å². The Morgan fingerprint density at radius 1 is 1.28 bits per heavy atom. The second-order valence-corrected chi connectivity index (χ2v) is 6.06. The number of hydrogen-bond donors (Lipinski definition) is 0. The molecule has 1 unspecified atom stereocenters. The Bertz CT molecular complexity index is 433. The fourth-order valence-electron chi connectivity index (χ4n) is 2.31. The smallest absolute Gasteiger partial charge is 0.148 e. The molecule has 1 aromatic carbocycles. The molecule has 0 saturated heterocycles. The third kappa shape index (κ3) is 3.19. The van der Waals surface area contributed by atoms with Crippen molar-refractivity contribution >= 4 is 16.6 Å². The van der Waals surface area contributed by atoms with Crippen LogP contribution in [0.5, 0.6) is 5.75 Å². The Morgan fingerprint density at radius 2 is 1.89 bits per heavy atom. The lowest BCUT2D eigenvalue weighted by Gasteiger charge is -2.08. The quantitative estimate of drug-likeness (QED) is 0.822. The van der Waals surface area contributed by atoms with Crippen LogP contribution in [-0.2, 0) is 15.6 Å². The Hall–Kier alpha value is -1.16. The van der Waals surface area contributed by atoms with Crippen molar-refractivity contribution in [3.8, 4) is 5.75 Å². The van der Waals surface area contributed by atoms with E-state index in [0.717, 1.165) is 31.4 Å². The van der Waals surface area contributed by atoms with Gasteiger partial charge in [-0.25, -0.2) is 0 Å². The summed E-state index contributed by atoms with van der Waals surface area (Å²) in [6.07, 6.45) is 4.20. The summed E-state index contributed by atoms with van der Waals surface area (Å²) in [4.78, 5) is 12.6. The topological polar surface area (TPSA) is 43.4 Å². The SMILES string of the molecule is COc1ccc(S(=O)CC(=O)C2CCCC2)cc1. The molecule has 0 aromatic heterocycles. The van der Waals surface area contributed by atoms with E-state index in [1.54, 1.807) is 31.4 Å². The standard InChI is InChI=1S/C14H18O3S/c1-17-12-6-8-13(9-7-12)18(16)10-14(15)11-4-2-3-5-11/h6-9,11H,2-5,10H2,1H3. The number of benzene rings is 1. The minimum Gasteiger partial charge on any atom is -0.497 e. The third-order valence-corrected chi connectivity index (χ3v) is 4.75. The molecular weight excluding hydrogens is 248 g/mol. The van der Waals surface area contributed by atoms with Gasteiger partial charge in [-0.05, 0) is 37.1 Å². The molecule has 18 heavy (non-hydrogen) atoms. The number of carbonyl (C=O) groups excluding carboxylic acids is 1. The number of hydrogen-bond acceptors (Lipinski definition) is 3. The first-order valence-corrected chi connectivity index (χ1v) is 7.57. The summed E-state index contributed by atoms with van der Waals surface area (Å²) in [6, 6.07) is 7.06. The van der Waals surface area contributed by atoms with Gasteiger partial charge in [-0.1, -0.05) is 12.8 Å². The molecule has 0 bridgehead atoms. The molecule has 0 N–H and O–H groups in total. The van der Waals surface area contributed by atoms with E-state index in [4.69, 9.17) is 4.74 Å². The maximum absolute atomic E-state index is 12.1. The Balaban J connectivity index is 1.95. The Morgan fingerprint density at radius 3 is 2.44 bits per heavy atom. The summed E-state index contributed by atoms with van der Waals surface area (Å²) in [7, 11) is 0.368. The minimum absolute atomic E-state index is 0.146. The molecule has 1 aliphatic carbocycles. The monoisotopic (exact) mass is 266 g/mol. The number of methoxy groups -OCH3 is 1. The van der Waals surface area contributed by atoms with E-state index < -0.39 is 10.8 Å². The van der Waals surface area contributed by atoms with Crippen LogP contribution in [-0.4, -0.2) is 22.9 Å². The molecule has 0 radical (unpaired) electrons. The van der Waals surface area contributed by atoms with Crippen molar-refractivity contribution in [3.63, 3.8) is 0 Å². The molecule has 4 heteroatoms. The van der Waals surface area contributed by atoms with Crippen LogP contribution >= 0.6 is 0 Å². The summed E-state index contributed by atoms with van der Waals surface area (Å²) < 4.78 is 17.1. The van der Waals surface area contributed by atoms with Crippen LogP contribution in [0, 0.1) is 5.92 Å². The highest BCUT2D eigenvalue weighted by Gasteiger charge is 2.24. The third-order valence-electron chi connectivity index (χ3n) is 3.41. The second-order valence-electron chi connectivity index (χ2n) is 4.61. The van der Waals surface area contributed by atoms with Gasteiger partial charge in [0, 0.05) is 10.8 Å². The fourth-order valence-corrected chi connectivity index (χ4v) is 3.41. The number of Topliss-reactive ketones (excluding diaryl/α,β-unsaturated/α-hetero) is 1. The summed E-state index contributed by atoms with van der Waals surface area (Å²) in [5.41, 5.74) is 0. The molecular formula is C14H18O3S. The normalized spacial score (nSPS) is 17.6. The molecule has 0 heterocycles. The highest BCUT2D eigenvalue weighted by molar-refractivity contribution is 7.85. The lowest BCUT2D eigenvalue weighted by Crippen LogP contribution is -2.18. The van der Waals surface area contributed by atoms with Gasteiger partial charge in [0.1, 0.15) is 11.5 Å². The molecule has 0 amide bonds. The predicted molar refractivity (Wildman–Crippen MR) is 71.2 cm³/mol. The van der Waals surface area contributed by atoms with Crippen molar-refractivity contribution in [1.82, 2.24) is 0 Å². The molecule has 1 aliphatic rings. The van der Waals surface area contributed by atoms with Crippen LogP contribution in [0.2, 0.25) is 0 Å². The zero-order chi connectivity index (χ0) is 13.0. The van der Waals surface area contributed by atoms with Crippen LogP contribution in [0.4, 0.5) is 0 Å². The van der Waals surface area contributed by atoms with Gasteiger partial charge in [0.25, 0.3) is 0 Å². The van der Waals surface area contributed by atoms with E-state index in [0.29, 0.717) is 4.90 Å². The van der Waals surface area contributed by atoms with Crippen LogP contribution in [0.3, 0.4) is 0 Å². The van der Waals surface area contributed by atoms with Crippen molar-refractivity contribution in [2.75, 3.05) is 12.9 Å².